The molecule has 0 amide bonds. The van der Waals surface area contributed by atoms with E-state index in [9.17, 15) is 8.78 Å². The van der Waals surface area contributed by atoms with E-state index in [-0.39, 0.29) is 11.6 Å². The fourth-order valence-electron chi connectivity index (χ4n) is 2.46. The van der Waals surface area contributed by atoms with Gasteiger partial charge in [-0.15, -0.1) is 0 Å². The Morgan fingerprint density at radius 3 is 2.83 bits per heavy atom. The van der Waals surface area contributed by atoms with Crippen molar-refractivity contribution in [1.82, 2.24) is 5.32 Å². The maximum absolute atomic E-state index is 13.9. The number of nitrogens with zero attached hydrogens (tertiary/aromatic N) is 1. The normalized spacial score (nSPS) is 20.2. The lowest BCUT2D eigenvalue weighted by molar-refractivity contribution is 0.427. The standard InChI is InChI=1S/C14H20F2N2/c1-3-4-11-9-18(6-5-17-11)14-8-12(15)10(2)7-13(14)16/h7-8,11,17H,3-6,9H2,1-2H3. The second-order valence-electron chi connectivity index (χ2n) is 4.94. The largest absolute Gasteiger partial charge is 0.366 e. The van der Waals surface area contributed by atoms with E-state index in [1.807, 2.05) is 4.90 Å². The fraction of sp³-hybridized carbons (Fsp3) is 0.571. The van der Waals surface area contributed by atoms with Crippen molar-refractivity contribution in [2.45, 2.75) is 32.7 Å². The van der Waals surface area contributed by atoms with Gasteiger partial charge in [-0.3, -0.25) is 0 Å². The minimum absolute atomic E-state index is 0.328. The first-order chi connectivity index (χ1) is 8.61. The van der Waals surface area contributed by atoms with Gasteiger partial charge in [-0.05, 0) is 25.0 Å². The molecule has 4 heteroatoms. The van der Waals surface area contributed by atoms with Crippen molar-refractivity contribution in [3.8, 4) is 0 Å². The Labute approximate surface area is 107 Å². The summed E-state index contributed by atoms with van der Waals surface area (Å²) in [5.74, 6) is -0.664. The van der Waals surface area contributed by atoms with Crippen LogP contribution >= 0.6 is 0 Å². The van der Waals surface area contributed by atoms with Crippen molar-refractivity contribution in [3.05, 3.63) is 29.3 Å². The summed E-state index contributed by atoms with van der Waals surface area (Å²) in [7, 11) is 0. The molecule has 1 aromatic carbocycles. The predicted octanol–water partition coefficient (Wildman–Crippen LogP) is 2.85. The summed E-state index contributed by atoms with van der Waals surface area (Å²) >= 11 is 0. The van der Waals surface area contributed by atoms with Crippen LogP contribution in [0.25, 0.3) is 0 Å². The number of benzene rings is 1. The molecule has 1 atom stereocenters. The van der Waals surface area contributed by atoms with Crippen LogP contribution in [-0.4, -0.2) is 25.7 Å². The summed E-state index contributed by atoms with van der Waals surface area (Å²) in [6.45, 7) is 6.00. The summed E-state index contributed by atoms with van der Waals surface area (Å²) in [6, 6.07) is 2.97. The third-order valence-corrected chi connectivity index (χ3v) is 3.46. The predicted molar refractivity (Wildman–Crippen MR) is 70.0 cm³/mol. The van der Waals surface area contributed by atoms with Crippen LogP contribution in [0, 0.1) is 18.6 Å². The lowest BCUT2D eigenvalue weighted by Gasteiger charge is -2.35. The van der Waals surface area contributed by atoms with E-state index in [0.29, 0.717) is 17.3 Å². The van der Waals surface area contributed by atoms with E-state index in [1.54, 1.807) is 6.92 Å². The monoisotopic (exact) mass is 254 g/mol. The average molecular weight is 254 g/mol. The molecule has 1 N–H and O–H groups in total. The van der Waals surface area contributed by atoms with Crippen molar-refractivity contribution in [2.24, 2.45) is 0 Å². The zero-order valence-electron chi connectivity index (χ0n) is 11.0. The number of piperazine rings is 1. The van der Waals surface area contributed by atoms with Crippen LogP contribution in [0.15, 0.2) is 12.1 Å². The van der Waals surface area contributed by atoms with Crippen LogP contribution in [0.1, 0.15) is 25.3 Å². The molecule has 0 saturated carbocycles. The van der Waals surface area contributed by atoms with Crippen LogP contribution in [0.5, 0.6) is 0 Å². The van der Waals surface area contributed by atoms with Gasteiger partial charge in [-0.1, -0.05) is 13.3 Å². The number of rotatable bonds is 3. The Hall–Kier alpha value is -1.16. The Bertz CT molecular complexity index is 419. The summed E-state index contributed by atoms with van der Waals surface area (Å²) in [5.41, 5.74) is 0.747. The molecule has 100 valence electrons. The van der Waals surface area contributed by atoms with Gasteiger partial charge >= 0.3 is 0 Å². The molecular weight excluding hydrogens is 234 g/mol. The molecule has 1 fully saturated rings. The molecule has 0 bridgehead atoms. The van der Waals surface area contributed by atoms with Gasteiger partial charge in [0.15, 0.2) is 0 Å². The van der Waals surface area contributed by atoms with Gasteiger partial charge < -0.3 is 10.2 Å². The van der Waals surface area contributed by atoms with Crippen LogP contribution in [0.2, 0.25) is 0 Å². The van der Waals surface area contributed by atoms with Crippen molar-refractivity contribution in [3.63, 3.8) is 0 Å². The van der Waals surface area contributed by atoms with Crippen LogP contribution in [0.4, 0.5) is 14.5 Å². The topological polar surface area (TPSA) is 15.3 Å². The first-order valence-electron chi connectivity index (χ1n) is 6.55. The molecule has 1 saturated heterocycles. The SMILES string of the molecule is CCCC1CN(c2cc(F)c(C)cc2F)CCN1. The molecule has 0 aliphatic carbocycles. The Kier molecular flexibility index (Phi) is 4.17. The molecule has 18 heavy (non-hydrogen) atoms. The van der Waals surface area contributed by atoms with Crippen molar-refractivity contribution >= 4 is 5.69 Å². The van der Waals surface area contributed by atoms with Crippen molar-refractivity contribution in [1.29, 1.82) is 0 Å². The summed E-state index contributed by atoms with van der Waals surface area (Å²) < 4.78 is 27.4. The molecule has 1 aliphatic rings. The Morgan fingerprint density at radius 1 is 1.33 bits per heavy atom. The van der Waals surface area contributed by atoms with Gasteiger partial charge in [0.05, 0.1) is 5.69 Å². The number of aryl methyl sites for hydroxylation is 1. The molecular formula is C14H20F2N2. The lowest BCUT2D eigenvalue weighted by Crippen LogP contribution is -2.51. The molecule has 0 radical (unpaired) electrons. The number of halogens is 2. The van der Waals surface area contributed by atoms with Crippen LogP contribution in [0.3, 0.4) is 0 Å². The second kappa shape index (κ2) is 5.65. The van der Waals surface area contributed by atoms with E-state index in [1.165, 1.54) is 12.1 Å². The quantitative estimate of drug-likeness (QED) is 0.892. The fourth-order valence-corrected chi connectivity index (χ4v) is 2.46. The number of hydrogen-bond donors (Lipinski definition) is 1. The van der Waals surface area contributed by atoms with Crippen molar-refractivity contribution < 1.29 is 8.78 Å². The van der Waals surface area contributed by atoms with E-state index < -0.39 is 0 Å². The highest BCUT2D eigenvalue weighted by Crippen LogP contribution is 2.24. The van der Waals surface area contributed by atoms with Gasteiger partial charge in [-0.25, -0.2) is 8.78 Å². The van der Waals surface area contributed by atoms with Gasteiger partial charge in [0, 0.05) is 31.7 Å². The zero-order chi connectivity index (χ0) is 13.1. The molecule has 2 nitrogen and oxygen atoms in total. The molecule has 0 aromatic heterocycles. The molecule has 0 spiro atoms. The van der Waals surface area contributed by atoms with E-state index in [2.05, 4.69) is 12.2 Å². The first-order valence-corrected chi connectivity index (χ1v) is 6.55. The van der Waals surface area contributed by atoms with E-state index in [0.717, 1.165) is 32.5 Å². The Balaban J connectivity index is 2.18. The highest BCUT2D eigenvalue weighted by atomic mass is 19.1. The second-order valence-corrected chi connectivity index (χ2v) is 4.94. The summed E-state index contributed by atoms with van der Waals surface area (Å²) in [6.07, 6.45) is 2.16. The van der Waals surface area contributed by atoms with E-state index >= 15 is 0 Å². The molecule has 1 aliphatic heterocycles. The number of hydrogen-bond acceptors (Lipinski definition) is 2. The number of anilines is 1. The van der Waals surface area contributed by atoms with Crippen LogP contribution in [-0.2, 0) is 0 Å². The summed E-state index contributed by atoms with van der Waals surface area (Å²) in [5, 5.41) is 3.41. The number of nitrogens with one attached hydrogen (secondary N) is 1. The third kappa shape index (κ3) is 2.80. The van der Waals surface area contributed by atoms with E-state index in [4.69, 9.17) is 0 Å². The highest BCUT2D eigenvalue weighted by Gasteiger charge is 2.21. The van der Waals surface area contributed by atoms with Crippen LogP contribution < -0.4 is 10.2 Å². The third-order valence-electron chi connectivity index (χ3n) is 3.46. The molecule has 2 rings (SSSR count). The average Bonchev–Trinajstić information content (AvgIpc) is 2.34. The minimum Gasteiger partial charge on any atom is -0.366 e. The Morgan fingerprint density at radius 2 is 2.11 bits per heavy atom. The molecule has 1 heterocycles. The zero-order valence-corrected chi connectivity index (χ0v) is 11.0. The molecule has 1 unspecified atom stereocenters. The van der Waals surface area contributed by atoms with Gasteiger partial charge in [0.25, 0.3) is 0 Å². The van der Waals surface area contributed by atoms with Crippen molar-refractivity contribution in [2.75, 3.05) is 24.5 Å². The smallest absolute Gasteiger partial charge is 0.146 e. The molecule has 1 aromatic rings. The first kappa shape index (κ1) is 13.3. The highest BCUT2D eigenvalue weighted by molar-refractivity contribution is 5.50. The van der Waals surface area contributed by atoms with Gasteiger partial charge in [0.2, 0.25) is 0 Å². The minimum atomic E-state index is -0.336. The summed E-state index contributed by atoms with van der Waals surface area (Å²) in [4.78, 5) is 1.94. The lowest BCUT2D eigenvalue weighted by atomic mass is 10.1. The van der Waals surface area contributed by atoms with Gasteiger partial charge in [0.1, 0.15) is 11.6 Å². The maximum atomic E-state index is 13.9. The van der Waals surface area contributed by atoms with Gasteiger partial charge in [-0.2, -0.15) is 0 Å². The maximum Gasteiger partial charge on any atom is 0.146 e.